The molecule has 0 aromatic carbocycles. The Morgan fingerprint density at radius 1 is 1.10 bits per heavy atom. The summed E-state index contributed by atoms with van der Waals surface area (Å²) in [5, 5.41) is 20.6. The van der Waals surface area contributed by atoms with Gasteiger partial charge in [0.25, 0.3) is 0 Å². The SMILES string of the molecule is CC(CO)CCCC(C)C1CCC2C3C(O)CC4=CC(=O)CCC4(C)C3CCC12C. The maximum absolute atomic E-state index is 12.1. The minimum Gasteiger partial charge on any atom is -0.396 e. The number of carbonyl (C=O) groups is 1. The molecule has 170 valence electrons. The van der Waals surface area contributed by atoms with Crippen LogP contribution in [0.4, 0.5) is 0 Å². The summed E-state index contributed by atoms with van der Waals surface area (Å²) in [4.78, 5) is 12.1. The Bertz CT molecular complexity index is 684. The molecule has 0 aromatic rings. The van der Waals surface area contributed by atoms with Gasteiger partial charge in [-0.25, -0.2) is 0 Å². The molecule has 9 unspecified atom stereocenters. The highest BCUT2D eigenvalue weighted by atomic mass is 16.3. The van der Waals surface area contributed by atoms with E-state index in [2.05, 4.69) is 27.7 Å². The van der Waals surface area contributed by atoms with Crippen LogP contribution in [-0.2, 0) is 4.79 Å². The van der Waals surface area contributed by atoms with Gasteiger partial charge in [0.05, 0.1) is 6.10 Å². The smallest absolute Gasteiger partial charge is 0.155 e. The summed E-state index contributed by atoms with van der Waals surface area (Å²) in [7, 11) is 0. The average molecular weight is 417 g/mol. The molecule has 3 heteroatoms. The van der Waals surface area contributed by atoms with E-state index in [-0.39, 0.29) is 17.3 Å². The van der Waals surface area contributed by atoms with Crippen molar-refractivity contribution < 1.29 is 15.0 Å². The Balaban J connectivity index is 1.50. The van der Waals surface area contributed by atoms with E-state index in [0.29, 0.717) is 42.1 Å². The van der Waals surface area contributed by atoms with Crippen LogP contribution < -0.4 is 0 Å². The van der Waals surface area contributed by atoms with Gasteiger partial charge in [0.15, 0.2) is 5.78 Å². The van der Waals surface area contributed by atoms with Crippen LogP contribution in [0, 0.1) is 46.3 Å². The zero-order valence-electron chi connectivity index (χ0n) is 19.7. The Morgan fingerprint density at radius 2 is 1.87 bits per heavy atom. The third-order valence-corrected chi connectivity index (χ3v) is 10.4. The molecule has 30 heavy (non-hydrogen) atoms. The van der Waals surface area contributed by atoms with Crippen molar-refractivity contribution in [3.05, 3.63) is 11.6 Å². The van der Waals surface area contributed by atoms with Gasteiger partial charge in [0.2, 0.25) is 0 Å². The fraction of sp³-hybridized carbons (Fsp3) is 0.889. The average Bonchev–Trinajstić information content (AvgIpc) is 3.06. The van der Waals surface area contributed by atoms with Crippen molar-refractivity contribution in [3.8, 4) is 0 Å². The van der Waals surface area contributed by atoms with Crippen molar-refractivity contribution in [2.24, 2.45) is 46.3 Å². The quantitative estimate of drug-likeness (QED) is 0.598. The van der Waals surface area contributed by atoms with Crippen LogP contribution >= 0.6 is 0 Å². The minimum absolute atomic E-state index is 0.128. The van der Waals surface area contributed by atoms with E-state index in [9.17, 15) is 15.0 Å². The second kappa shape index (κ2) is 8.35. The zero-order chi connectivity index (χ0) is 21.7. The zero-order valence-corrected chi connectivity index (χ0v) is 19.7. The molecule has 9 atom stereocenters. The molecule has 3 fully saturated rings. The summed E-state index contributed by atoms with van der Waals surface area (Å²) >= 11 is 0. The van der Waals surface area contributed by atoms with E-state index in [1.54, 1.807) is 0 Å². The predicted octanol–water partition coefficient (Wildman–Crippen LogP) is 5.54. The van der Waals surface area contributed by atoms with E-state index in [4.69, 9.17) is 0 Å². The number of hydrogen-bond acceptors (Lipinski definition) is 3. The van der Waals surface area contributed by atoms with Gasteiger partial charge < -0.3 is 10.2 Å². The first-order valence-corrected chi connectivity index (χ1v) is 12.7. The van der Waals surface area contributed by atoms with Crippen LogP contribution in [0.15, 0.2) is 11.6 Å². The first-order valence-electron chi connectivity index (χ1n) is 12.7. The summed E-state index contributed by atoms with van der Waals surface area (Å²) in [6.45, 7) is 9.85. The molecule has 2 N–H and O–H groups in total. The molecule has 0 amide bonds. The minimum atomic E-state index is -0.274. The van der Waals surface area contributed by atoms with Crippen molar-refractivity contribution in [1.29, 1.82) is 0 Å². The van der Waals surface area contributed by atoms with Crippen molar-refractivity contribution >= 4 is 5.78 Å². The molecule has 0 bridgehead atoms. The second-order valence-corrected chi connectivity index (χ2v) is 12.0. The number of fused-ring (bicyclic) bond motifs is 5. The molecule has 0 saturated heterocycles. The third-order valence-electron chi connectivity index (χ3n) is 10.4. The first kappa shape index (κ1) is 22.5. The number of aliphatic hydroxyl groups excluding tert-OH is 2. The molecule has 0 aliphatic heterocycles. The second-order valence-electron chi connectivity index (χ2n) is 12.0. The number of carbonyl (C=O) groups excluding carboxylic acids is 1. The highest BCUT2D eigenvalue weighted by Crippen LogP contribution is 2.67. The van der Waals surface area contributed by atoms with Crippen LogP contribution in [0.1, 0.15) is 91.9 Å². The van der Waals surface area contributed by atoms with Crippen molar-refractivity contribution in [2.45, 2.75) is 98.0 Å². The molecule has 0 aromatic heterocycles. The Labute approximate surface area is 183 Å². The van der Waals surface area contributed by atoms with Gasteiger partial charge in [0.1, 0.15) is 0 Å². The Hall–Kier alpha value is -0.670. The van der Waals surface area contributed by atoms with Gasteiger partial charge in [0, 0.05) is 13.0 Å². The van der Waals surface area contributed by atoms with Crippen LogP contribution in [0.5, 0.6) is 0 Å². The van der Waals surface area contributed by atoms with Crippen LogP contribution in [0.2, 0.25) is 0 Å². The van der Waals surface area contributed by atoms with Gasteiger partial charge in [-0.15, -0.1) is 0 Å². The lowest BCUT2D eigenvalue weighted by molar-refractivity contribution is -0.124. The highest BCUT2D eigenvalue weighted by Gasteiger charge is 2.61. The largest absolute Gasteiger partial charge is 0.396 e. The monoisotopic (exact) mass is 416 g/mol. The maximum Gasteiger partial charge on any atom is 0.155 e. The standard InChI is InChI=1S/C27H44O3/c1-17(16-28)6-5-7-18(2)21-8-9-22-25-23(11-13-27(21,22)4)26(3)12-10-20(29)14-19(26)15-24(25)30/h14,17-18,21-25,28,30H,5-13,15-16H2,1-4H3. The van der Waals surface area contributed by atoms with E-state index in [1.807, 2.05) is 6.08 Å². The lowest BCUT2D eigenvalue weighted by Gasteiger charge is -2.60. The summed E-state index contributed by atoms with van der Waals surface area (Å²) in [5.41, 5.74) is 1.73. The van der Waals surface area contributed by atoms with Crippen molar-refractivity contribution in [3.63, 3.8) is 0 Å². The number of rotatable bonds is 6. The van der Waals surface area contributed by atoms with Gasteiger partial charge in [-0.1, -0.05) is 46.1 Å². The Kier molecular flexibility index (Phi) is 6.27. The predicted molar refractivity (Wildman–Crippen MR) is 121 cm³/mol. The van der Waals surface area contributed by atoms with Crippen molar-refractivity contribution in [2.75, 3.05) is 6.61 Å². The van der Waals surface area contributed by atoms with E-state index >= 15 is 0 Å². The van der Waals surface area contributed by atoms with Gasteiger partial charge >= 0.3 is 0 Å². The van der Waals surface area contributed by atoms with Gasteiger partial charge in [-0.3, -0.25) is 4.79 Å². The summed E-state index contributed by atoms with van der Waals surface area (Å²) in [6.07, 6.45) is 12.7. The fourth-order valence-corrected chi connectivity index (χ4v) is 8.58. The molecule has 0 radical (unpaired) electrons. The molecular weight excluding hydrogens is 372 g/mol. The van der Waals surface area contributed by atoms with Gasteiger partial charge in [-0.2, -0.15) is 0 Å². The molecule has 4 aliphatic carbocycles. The maximum atomic E-state index is 12.1. The number of hydrogen-bond donors (Lipinski definition) is 2. The topological polar surface area (TPSA) is 57.5 Å². The van der Waals surface area contributed by atoms with Crippen LogP contribution in [0.3, 0.4) is 0 Å². The normalized spacial score (nSPS) is 45.2. The summed E-state index contributed by atoms with van der Waals surface area (Å²) in [5.74, 6) is 3.75. The molecule has 0 spiro atoms. The van der Waals surface area contributed by atoms with E-state index in [0.717, 1.165) is 31.1 Å². The molecule has 4 rings (SSSR count). The molecule has 4 aliphatic rings. The van der Waals surface area contributed by atoms with Crippen LogP contribution in [0.25, 0.3) is 0 Å². The molecule has 3 saturated carbocycles. The summed E-state index contributed by atoms with van der Waals surface area (Å²) < 4.78 is 0. The molecule has 0 heterocycles. The third kappa shape index (κ3) is 3.62. The molecular formula is C27H44O3. The van der Waals surface area contributed by atoms with Crippen molar-refractivity contribution in [1.82, 2.24) is 0 Å². The summed E-state index contributed by atoms with van der Waals surface area (Å²) in [6, 6.07) is 0. The van der Waals surface area contributed by atoms with E-state index in [1.165, 1.54) is 44.1 Å². The molecule has 3 nitrogen and oxygen atoms in total. The van der Waals surface area contributed by atoms with Crippen LogP contribution in [-0.4, -0.2) is 28.7 Å². The number of ketones is 1. The first-order chi connectivity index (χ1) is 14.2. The fourth-order valence-electron chi connectivity index (χ4n) is 8.58. The highest BCUT2D eigenvalue weighted by molar-refractivity contribution is 5.91. The lowest BCUT2D eigenvalue weighted by atomic mass is 9.45. The van der Waals surface area contributed by atoms with Gasteiger partial charge in [-0.05, 0) is 97.4 Å². The Morgan fingerprint density at radius 3 is 2.60 bits per heavy atom. The lowest BCUT2D eigenvalue weighted by Crippen LogP contribution is -2.55. The van der Waals surface area contributed by atoms with E-state index < -0.39 is 0 Å². The number of aliphatic hydroxyl groups is 2.